The molecule has 0 aliphatic heterocycles. The minimum atomic E-state index is 0.536. The molecule has 2 aromatic heterocycles. The van der Waals surface area contributed by atoms with E-state index in [0.717, 1.165) is 38.5 Å². The van der Waals surface area contributed by atoms with Gasteiger partial charge in [0.2, 0.25) is 5.71 Å². The Hall–Kier alpha value is -3.43. The number of hydrogen-bond acceptors (Lipinski definition) is 3. The lowest BCUT2D eigenvalue weighted by Gasteiger charge is -2.05. The lowest BCUT2D eigenvalue weighted by atomic mass is 9.98. The van der Waals surface area contributed by atoms with Crippen LogP contribution in [-0.2, 0) is 0 Å². The van der Waals surface area contributed by atoms with Crippen molar-refractivity contribution < 1.29 is 4.42 Å². The van der Waals surface area contributed by atoms with Gasteiger partial charge in [0.25, 0.3) is 0 Å². The molecule has 6 rings (SSSR count). The summed E-state index contributed by atoms with van der Waals surface area (Å²) >= 11 is 6.14. The van der Waals surface area contributed by atoms with Crippen molar-refractivity contribution in [1.29, 1.82) is 0 Å². The minimum Gasteiger partial charge on any atom is -0.436 e. The van der Waals surface area contributed by atoms with Crippen molar-refractivity contribution in [2.24, 2.45) is 0 Å². The predicted molar refractivity (Wildman–Crippen MR) is 115 cm³/mol. The van der Waals surface area contributed by atoms with Gasteiger partial charge >= 0.3 is 0 Å². The van der Waals surface area contributed by atoms with Gasteiger partial charge in [-0.25, -0.2) is 9.97 Å². The van der Waals surface area contributed by atoms with Gasteiger partial charge in [-0.05, 0) is 28.3 Å². The predicted octanol–water partition coefficient (Wildman–Crippen LogP) is 7.00. The summed E-state index contributed by atoms with van der Waals surface area (Å²) in [5.41, 5.74) is 3.80. The number of aromatic nitrogens is 2. The van der Waals surface area contributed by atoms with Gasteiger partial charge in [-0.2, -0.15) is 0 Å². The molecule has 2 heterocycles. The number of fused-ring (bicyclic) bond motifs is 8. The van der Waals surface area contributed by atoms with Gasteiger partial charge in [0, 0.05) is 16.0 Å². The first-order valence-electron chi connectivity index (χ1n) is 9.04. The minimum absolute atomic E-state index is 0.536. The zero-order valence-electron chi connectivity index (χ0n) is 14.7. The molecule has 0 N–H and O–H groups in total. The van der Waals surface area contributed by atoms with E-state index in [2.05, 4.69) is 36.4 Å². The molecule has 0 saturated carbocycles. The standard InChI is InChI=1S/C24H13ClN2O/c25-15-7-5-6-14(12-15)20-13-26-22-21-18-10-3-1-8-16(18)17-9-2-4-11-19(17)23(21)28-24(22)27-20/h1-13H. The largest absolute Gasteiger partial charge is 0.436 e. The average Bonchev–Trinajstić information content (AvgIpc) is 3.13. The molecular weight excluding hydrogens is 368 g/mol. The summed E-state index contributed by atoms with van der Waals surface area (Å²) in [4.78, 5) is 9.48. The van der Waals surface area contributed by atoms with Gasteiger partial charge in [-0.15, -0.1) is 0 Å². The number of hydrogen-bond donors (Lipinski definition) is 0. The van der Waals surface area contributed by atoms with Crippen LogP contribution < -0.4 is 0 Å². The van der Waals surface area contributed by atoms with Crippen molar-refractivity contribution in [3.05, 3.63) is 84.0 Å². The molecule has 0 spiro atoms. The van der Waals surface area contributed by atoms with E-state index in [1.807, 2.05) is 36.4 Å². The van der Waals surface area contributed by atoms with Gasteiger partial charge in [-0.1, -0.05) is 72.3 Å². The summed E-state index contributed by atoms with van der Waals surface area (Å²) in [6.07, 6.45) is 1.78. The first-order chi connectivity index (χ1) is 13.8. The maximum absolute atomic E-state index is 6.26. The summed E-state index contributed by atoms with van der Waals surface area (Å²) < 4.78 is 6.26. The summed E-state index contributed by atoms with van der Waals surface area (Å²) in [6.45, 7) is 0. The molecule has 0 aliphatic carbocycles. The Labute approximate surface area is 165 Å². The van der Waals surface area contributed by atoms with Crippen LogP contribution >= 0.6 is 11.6 Å². The molecule has 0 saturated heterocycles. The molecule has 0 atom stereocenters. The molecule has 4 heteroatoms. The molecule has 28 heavy (non-hydrogen) atoms. The van der Waals surface area contributed by atoms with Crippen LogP contribution in [0.4, 0.5) is 0 Å². The Kier molecular flexibility index (Phi) is 3.22. The molecule has 0 radical (unpaired) electrons. The summed E-state index contributed by atoms with van der Waals surface area (Å²) in [6, 6.07) is 24.3. The second kappa shape index (κ2) is 5.78. The highest BCUT2D eigenvalue weighted by Crippen LogP contribution is 2.39. The van der Waals surface area contributed by atoms with Crippen LogP contribution in [0.25, 0.3) is 55.0 Å². The van der Waals surface area contributed by atoms with E-state index in [0.29, 0.717) is 10.7 Å². The van der Waals surface area contributed by atoms with Crippen molar-refractivity contribution in [1.82, 2.24) is 9.97 Å². The van der Waals surface area contributed by atoms with E-state index in [1.165, 1.54) is 10.8 Å². The molecule has 0 bridgehead atoms. The molecular formula is C24H13ClN2O. The quantitative estimate of drug-likeness (QED) is 0.288. The van der Waals surface area contributed by atoms with Crippen molar-refractivity contribution in [2.45, 2.75) is 0 Å². The molecule has 0 unspecified atom stereocenters. The third-order valence-corrected chi connectivity index (χ3v) is 5.42. The van der Waals surface area contributed by atoms with Crippen LogP contribution in [0.2, 0.25) is 5.02 Å². The lowest BCUT2D eigenvalue weighted by Crippen LogP contribution is -1.86. The lowest BCUT2D eigenvalue weighted by molar-refractivity contribution is 0.657. The third kappa shape index (κ3) is 2.17. The first kappa shape index (κ1) is 15.6. The second-order valence-electron chi connectivity index (χ2n) is 6.82. The molecule has 132 valence electrons. The average molecular weight is 381 g/mol. The normalized spacial score (nSPS) is 11.8. The molecule has 0 aliphatic rings. The van der Waals surface area contributed by atoms with E-state index in [9.17, 15) is 0 Å². The van der Waals surface area contributed by atoms with E-state index in [-0.39, 0.29) is 0 Å². The Morgan fingerprint density at radius 1 is 0.750 bits per heavy atom. The van der Waals surface area contributed by atoms with Crippen LogP contribution in [0, 0.1) is 0 Å². The number of nitrogens with zero attached hydrogens (tertiary/aromatic N) is 2. The molecule has 4 aromatic carbocycles. The van der Waals surface area contributed by atoms with Gasteiger partial charge in [0.05, 0.1) is 17.3 Å². The first-order valence-corrected chi connectivity index (χ1v) is 9.42. The van der Waals surface area contributed by atoms with Crippen molar-refractivity contribution in [3.63, 3.8) is 0 Å². The van der Waals surface area contributed by atoms with Crippen molar-refractivity contribution in [2.75, 3.05) is 0 Å². The van der Waals surface area contributed by atoms with Crippen LogP contribution in [0.3, 0.4) is 0 Å². The fourth-order valence-electron chi connectivity index (χ4n) is 3.95. The van der Waals surface area contributed by atoms with Gasteiger partial charge in [-0.3, -0.25) is 0 Å². The maximum Gasteiger partial charge on any atom is 0.246 e. The van der Waals surface area contributed by atoms with Gasteiger partial charge in [0.15, 0.2) is 0 Å². The van der Waals surface area contributed by atoms with Crippen molar-refractivity contribution in [3.8, 4) is 11.3 Å². The highest BCUT2D eigenvalue weighted by Gasteiger charge is 2.17. The summed E-state index contributed by atoms with van der Waals surface area (Å²) in [7, 11) is 0. The van der Waals surface area contributed by atoms with Crippen molar-refractivity contribution >= 4 is 55.3 Å². The second-order valence-corrected chi connectivity index (χ2v) is 7.25. The van der Waals surface area contributed by atoms with Crippen LogP contribution in [0.5, 0.6) is 0 Å². The SMILES string of the molecule is Clc1cccc(-c2cnc3c(n2)oc2c4ccccc4c4ccccc4c32)c1. The Balaban J connectivity index is 1.76. The fourth-order valence-corrected chi connectivity index (χ4v) is 4.14. The number of halogens is 1. The monoisotopic (exact) mass is 380 g/mol. The molecule has 0 fully saturated rings. The van der Waals surface area contributed by atoms with E-state index < -0.39 is 0 Å². The number of rotatable bonds is 1. The van der Waals surface area contributed by atoms with Gasteiger partial charge < -0.3 is 4.42 Å². The van der Waals surface area contributed by atoms with Crippen LogP contribution in [-0.4, -0.2) is 9.97 Å². The Morgan fingerprint density at radius 2 is 1.46 bits per heavy atom. The number of furan rings is 1. The number of benzene rings is 4. The Bertz CT molecular complexity index is 1530. The molecule has 3 nitrogen and oxygen atoms in total. The van der Waals surface area contributed by atoms with Gasteiger partial charge in [0.1, 0.15) is 11.1 Å². The molecule has 0 amide bonds. The smallest absolute Gasteiger partial charge is 0.246 e. The Morgan fingerprint density at radius 3 is 2.25 bits per heavy atom. The molecule has 6 aromatic rings. The topological polar surface area (TPSA) is 38.9 Å². The highest BCUT2D eigenvalue weighted by atomic mass is 35.5. The fraction of sp³-hybridized carbons (Fsp3) is 0. The highest BCUT2D eigenvalue weighted by molar-refractivity contribution is 6.31. The zero-order valence-corrected chi connectivity index (χ0v) is 15.4. The maximum atomic E-state index is 6.26. The van der Waals surface area contributed by atoms with E-state index >= 15 is 0 Å². The third-order valence-electron chi connectivity index (χ3n) is 5.18. The summed E-state index contributed by atoms with van der Waals surface area (Å²) in [5, 5.41) is 6.23. The summed E-state index contributed by atoms with van der Waals surface area (Å²) in [5.74, 6) is 0. The zero-order chi connectivity index (χ0) is 18.7. The van der Waals surface area contributed by atoms with Crippen LogP contribution in [0.1, 0.15) is 0 Å². The van der Waals surface area contributed by atoms with E-state index in [4.69, 9.17) is 26.0 Å². The van der Waals surface area contributed by atoms with E-state index in [1.54, 1.807) is 6.20 Å². The van der Waals surface area contributed by atoms with Crippen LogP contribution in [0.15, 0.2) is 83.4 Å².